The summed E-state index contributed by atoms with van der Waals surface area (Å²) in [5.41, 5.74) is 1.41. The van der Waals surface area contributed by atoms with Gasteiger partial charge in [0, 0.05) is 30.9 Å². The van der Waals surface area contributed by atoms with E-state index in [1.807, 2.05) is 0 Å². The Balaban J connectivity index is 2.62. The van der Waals surface area contributed by atoms with Crippen LogP contribution >= 0.6 is 0 Å². The van der Waals surface area contributed by atoms with Crippen LogP contribution in [0.2, 0.25) is 0 Å². The monoisotopic (exact) mass is 287 g/mol. The molecular formula is C11H17N3O4S. The van der Waals surface area contributed by atoms with Gasteiger partial charge in [0.05, 0.1) is 10.7 Å². The Labute approximate surface area is 112 Å². The van der Waals surface area contributed by atoms with E-state index in [9.17, 15) is 18.5 Å². The van der Waals surface area contributed by atoms with Gasteiger partial charge in [0.2, 0.25) is 10.0 Å². The Morgan fingerprint density at radius 1 is 1.37 bits per heavy atom. The summed E-state index contributed by atoms with van der Waals surface area (Å²) in [5.74, 6) is -0.0444. The zero-order valence-electron chi connectivity index (χ0n) is 10.8. The lowest BCUT2D eigenvalue weighted by molar-refractivity contribution is -0.384. The molecule has 0 fully saturated rings. The highest BCUT2D eigenvalue weighted by Crippen LogP contribution is 2.20. The quantitative estimate of drug-likeness (QED) is 0.580. The van der Waals surface area contributed by atoms with E-state index in [4.69, 9.17) is 0 Å². The lowest BCUT2D eigenvalue weighted by Crippen LogP contribution is -2.29. The highest BCUT2D eigenvalue weighted by molar-refractivity contribution is 7.89. The number of nitro groups is 1. The summed E-state index contributed by atoms with van der Waals surface area (Å²) in [7, 11) is -3.26. The molecule has 0 heterocycles. The molecule has 0 radical (unpaired) electrons. The number of hydrogen-bond acceptors (Lipinski definition) is 5. The van der Waals surface area contributed by atoms with Crippen LogP contribution in [0.15, 0.2) is 18.2 Å². The van der Waals surface area contributed by atoms with E-state index >= 15 is 0 Å². The Kier molecular flexibility index (Phi) is 5.25. The van der Waals surface area contributed by atoms with Gasteiger partial charge in [-0.15, -0.1) is 0 Å². The van der Waals surface area contributed by atoms with E-state index in [0.717, 1.165) is 0 Å². The van der Waals surface area contributed by atoms with Crippen molar-refractivity contribution >= 4 is 21.4 Å². The number of sulfonamides is 1. The Morgan fingerprint density at radius 2 is 2.05 bits per heavy atom. The summed E-state index contributed by atoms with van der Waals surface area (Å²) in [6, 6.07) is 4.41. The zero-order chi connectivity index (χ0) is 14.5. The van der Waals surface area contributed by atoms with E-state index < -0.39 is 14.9 Å². The summed E-state index contributed by atoms with van der Waals surface area (Å²) in [6.45, 7) is 4.05. The van der Waals surface area contributed by atoms with Crippen molar-refractivity contribution in [1.82, 2.24) is 4.72 Å². The molecule has 0 spiro atoms. The zero-order valence-corrected chi connectivity index (χ0v) is 11.7. The first kappa shape index (κ1) is 15.4. The number of benzene rings is 1. The second kappa shape index (κ2) is 6.48. The standard InChI is InChI=1S/C11H17N3O4S/c1-3-13-19(17,18)7-6-12-11-5-4-10(14(15)16)8-9(11)2/h4-5,8,12-13H,3,6-7H2,1-2H3. The minimum Gasteiger partial charge on any atom is -0.384 e. The molecule has 19 heavy (non-hydrogen) atoms. The lowest BCUT2D eigenvalue weighted by Gasteiger charge is -2.09. The third-order valence-corrected chi connectivity index (χ3v) is 3.94. The highest BCUT2D eigenvalue weighted by atomic mass is 32.2. The van der Waals surface area contributed by atoms with Crippen molar-refractivity contribution in [2.24, 2.45) is 0 Å². The largest absolute Gasteiger partial charge is 0.384 e. The molecule has 0 saturated heterocycles. The third-order valence-electron chi connectivity index (χ3n) is 2.47. The molecule has 0 aromatic heterocycles. The molecule has 0 bridgehead atoms. The fourth-order valence-corrected chi connectivity index (χ4v) is 2.53. The van der Waals surface area contributed by atoms with Crippen LogP contribution in [0.4, 0.5) is 11.4 Å². The maximum atomic E-state index is 11.4. The van der Waals surface area contributed by atoms with E-state index in [1.54, 1.807) is 19.9 Å². The molecule has 106 valence electrons. The maximum Gasteiger partial charge on any atom is 0.269 e. The van der Waals surface area contributed by atoms with Gasteiger partial charge in [-0.2, -0.15) is 0 Å². The van der Waals surface area contributed by atoms with Crippen LogP contribution in [0.1, 0.15) is 12.5 Å². The number of non-ortho nitro benzene ring substituents is 1. The molecule has 0 unspecified atom stereocenters. The first-order valence-electron chi connectivity index (χ1n) is 5.82. The molecule has 2 N–H and O–H groups in total. The van der Waals surface area contributed by atoms with E-state index in [0.29, 0.717) is 17.8 Å². The first-order valence-corrected chi connectivity index (χ1v) is 7.47. The molecule has 7 nitrogen and oxygen atoms in total. The van der Waals surface area contributed by atoms with Crippen LogP contribution in [0.5, 0.6) is 0 Å². The number of nitrogens with zero attached hydrogens (tertiary/aromatic N) is 1. The highest BCUT2D eigenvalue weighted by Gasteiger charge is 2.10. The van der Waals surface area contributed by atoms with Crippen molar-refractivity contribution in [2.75, 3.05) is 24.2 Å². The summed E-state index contributed by atoms with van der Waals surface area (Å²) in [5, 5.41) is 13.5. The van der Waals surface area contributed by atoms with Crippen molar-refractivity contribution in [2.45, 2.75) is 13.8 Å². The summed E-state index contributed by atoms with van der Waals surface area (Å²) < 4.78 is 25.2. The second-order valence-corrected chi connectivity index (χ2v) is 5.93. The summed E-state index contributed by atoms with van der Waals surface area (Å²) >= 11 is 0. The van der Waals surface area contributed by atoms with Gasteiger partial charge in [-0.3, -0.25) is 10.1 Å². The SMILES string of the molecule is CCNS(=O)(=O)CCNc1ccc([N+](=O)[O-])cc1C. The maximum absolute atomic E-state index is 11.4. The van der Waals surface area contributed by atoms with E-state index in [-0.39, 0.29) is 18.0 Å². The predicted molar refractivity (Wildman–Crippen MR) is 73.8 cm³/mol. The molecule has 0 atom stereocenters. The molecule has 8 heteroatoms. The number of hydrogen-bond donors (Lipinski definition) is 2. The van der Waals surface area contributed by atoms with Gasteiger partial charge in [-0.25, -0.2) is 13.1 Å². The van der Waals surface area contributed by atoms with Gasteiger partial charge in [0.25, 0.3) is 5.69 Å². The summed E-state index contributed by atoms with van der Waals surface area (Å²) in [4.78, 5) is 10.1. The molecule has 0 amide bonds. The summed E-state index contributed by atoms with van der Waals surface area (Å²) in [6.07, 6.45) is 0. The van der Waals surface area contributed by atoms with Gasteiger partial charge >= 0.3 is 0 Å². The molecule has 0 aliphatic heterocycles. The van der Waals surface area contributed by atoms with Gasteiger partial charge < -0.3 is 5.32 Å². The van der Waals surface area contributed by atoms with Gasteiger partial charge in [-0.1, -0.05) is 6.92 Å². The van der Waals surface area contributed by atoms with Crippen molar-refractivity contribution < 1.29 is 13.3 Å². The van der Waals surface area contributed by atoms with Crippen LogP contribution in [0.3, 0.4) is 0 Å². The van der Waals surface area contributed by atoms with Crippen LogP contribution in [-0.2, 0) is 10.0 Å². The normalized spacial score (nSPS) is 11.3. The fraction of sp³-hybridized carbons (Fsp3) is 0.455. The average Bonchev–Trinajstić information content (AvgIpc) is 2.30. The molecular weight excluding hydrogens is 270 g/mol. The number of rotatable bonds is 7. The minimum absolute atomic E-state index is 0.0170. The van der Waals surface area contributed by atoms with Crippen LogP contribution in [0.25, 0.3) is 0 Å². The molecule has 1 aromatic rings. The Morgan fingerprint density at radius 3 is 2.58 bits per heavy atom. The van der Waals surface area contributed by atoms with Gasteiger partial charge in [0.1, 0.15) is 0 Å². The van der Waals surface area contributed by atoms with Crippen LogP contribution < -0.4 is 10.0 Å². The van der Waals surface area contributed by atoms with E-state index in [2.05, 4.69) is 10.0 Å². The van der Waals surface area contributed by atoms with Gasteiger partial charge in [0.15, 0.2) is 0 Å². The second-order valence-electron chi connectivity index (χ2n) is 4.00. The molecule has 0 saturated carbocycles. The Hall–Kier alpha value is -1.67. The van der Waals surface area contributed by atoms with Crippen molar-refractivity contribution in [3.05, 3.63) is 33.9 Å². The third kappa shape index (κ3) is 4.84. The molecule has 0 aliphatic rings. The smallest absolute Gasteiger partial charge is 0.269 e. The Bertz CT molecular complexity index is 557. The minimum atomic E-state index is -3.26. The molecule has 1 aromatic carbocycles. The average molecular weight is 287 g/mol. The molecule has 0 aliphatic carbocycles. The first-order chi connectivity index (χ1) is 8.85. The lowest BCUT2D eigenvalue weighted by atomic mass is 10.2. The van der Waals surface area contributed by atoms with Crippen molar-refractivity contribution in [3.63, 3.8) is 0 Å². The van der Waals surface area contributed by atoms with E-state index in [1.165, 1.54) is 12.1 Å². The number of nitro benzene ring substituents is 1. The van der Waals surface area contributed by atoms with Crippen LogP contribution in [-0.4, -0.2) is 32.2 Å². The number of nitrogens with one attached hydrogen (secondary N) is 2. The topological polar surface area (TPSA) is 101 Å². The van der Waals surface area contributed by atoms with Crippen molar-refractivity contribution in [3.8, 4) is 0 Å². The predicted octanol–water partition coefficient (Wildman–Crippen LogP) is 1.25. The van der Waals surface area contributed by atoms with Gasteiger partial charge in [-0.05, 0) is 18.6 Å². The number of aryl methyl sites for hydroxylation is 1. The van der Waals surface area contributed by atoms with Crippen molar-refractivity contribution in [1.29, 1.82) is 0 Å². The molecule has 1 rings (SSSR count). The van der Waals surface area contributed by atoms with Crippen LogP contribution in [0, 0.1) is 17.0 Å². The fourth-order valence-electron chi connectivity index (χ4n) is 1.57. The number of anilines is 1.